The van der Waals surface area contributed by atoms with Crippen molar-refractivity contribution in [2.45, 2.75) is 52.0 Å². The molecule has 1 fully saturated rings. The van der Waals surface area contributed by atoms with Gasteiger partial charge < -0.3 is 24.2 Å². The molecule has 0 spiro atoms. The molecule has 1 aliphatic heterocycles. The highest BCUT2D eigenvalue weighted by atomic mass is 16.5. The van der Waals surface area contributed by atoms with E-state index in [1.54, 1.807) is 43.5 Å². The molecule has 0 aromatic heterocycles. The average Bonchev–Trinajstić information content (AvgIpc) is 3.02. The van der Waals surface area contributed by atoms with Gasteiger partial charge in [0, 0.05) is 6.54 Å². The Morgan fingerprint density at radius 3 is 2.17 bits per heavy atom. The molecule has 1 amide bonds. The van der Waals surface area contributed by atoms with E-state index < -0.39 is 34.9 Å². The molecule has 2 aromatic rings. The first-order chi connectivity index (χ1) is 16.6. The van der Waals surface area contributed by atoms with E-state index in [4.69, 9.17) is 14.2 Å². The van der Waals surface area contributed by atoms with Crippen LogP contribution in [0.4, 0.5) is 0 Å². The summed E-state index contributed by atoms with van der Waals surface area (Å²) in [4.78, 5) is 41.7. The van der Waals surface area contributed by atoms with Crippen LogP contribution in [0.2, 0.25) is 0 Å². The van der Waals surface area contributed by atoms with E-state index in [1.807, 2.05) is 32.0 Å². The molecule has 8 nitrogen and oxygen atoms in total. The van der Waals surface area contributed by atoms with E-state index >= 15 is 0 Å². The maximum atomic E-state index is 13.9. The number of aliphatic hydroxyl groups excluding tert-OH is 1. The zero-order chi connectivity index (χ0) is 25.8. The summed E-state index contributed by atoms with van der Waals surface area (Å²) in [6.45, 7) is 5.00. The van der Waals surface area contributed by atoms with Gasteiger partial charge in [-0.15, -0.1) is 0 Å². The maximum Gasteiger partial charge on any atom is 0.334 e. The number of carbonyl (C=O) groups is 3. The van der Waals surface area contributed by atoms with Crippen molar-refractivity contribution in [3.8, 4) is 5.75 Å². The van der Waals surface area contributed by atoms with Crippen LogP contribution in [-0.4, -0.2) is 53.7 Å². The van der Waals surface area contributed by atoms with E-state index in [2.05, 4.69) is 0 Å². The summed E-state index contributed by atoms with van der Waals surface area (Å²) in [7, 11) is 2.75. The number of carbonyl (C=O) groups excluding carboxylic acids is 3. The van der Waals surface area contributed by atoms with Crippen LogP contribution in [0.25, 0.3) is 0 Å². The van der Waals surface area contributed by atoms with E-state index in [0.29, 0.717) is 11.3 Å². The van der Waals surface area contributed by atoms with Crippen LogP contribution in [0.3, 0.4) is 0 Å². The van der Waals surface area contributed by atoms with Crippen molar-refractivity contribution < 1.29 is 33.7 Å². The summed E-state index contributed by atoms with van der Waals surface area (Å²) in [5, 5.41) is 11.6. The van der Waals surface area contributed by atoms with Crippen LogP contribution in [0, 0.1) is 11.3 Å². The summed E-state index contributed by atoms with van der Waals surface area (Å²) in [6.07, 6.45) is -1.58. The number of likely N-dealkylation sites (tertiary alicyclic amines) is 1. The Hall–Kier alpha value is -3.39. The van der Waals surface area contributed by atoms with Crippen molar-refractivity contribution >= 4 is 17.8 Å². The van der Waals surface area contributed by atoms with E-state index in [-0.39, 0.29) is 25.5 Å². The lowest BCUT2D eigenvalue weighted by Crippen LogP contribution is -2.59. The van der Waals surface area contributed by atoms with Gasteiger partial charge in [-0.2, -0.15) is 0 Å². The topological polar surface area (TPSA) is 102 Å². The first kappa shape index (κ1) is 26.2. The van der Waals surface area contributed by atoms with Gasteiger partial charge in [-0.3, -0.25) is 9.59 Å². The number of amides is 1. The number of rotatable bonds is 9. The van der Waals surface area contributed by atoms with Crippen LogP contribution < -0.4 is 4.74 Å². The Balaban J connectivity index is 2.03. The second-order valence-corrected chi connectivity index (χ2v) is 9.42. The number of hydrogen-bond donors (Lipinski definition) is 1. The highest BCUT2D eigenvalue weighted by Gasteiger charge is 2.72. The number of ether oxygens (including phenoxy) is 3. The third-order valence-electron chi connectivity index (χ3n) is 6.57. The van der Waals surface area contributed by atoms with Crippen molar-refractivity contribution in [1.82, 2.24) is 4.90 Å². The standard InChI is InChI=1S/C27H33NO7/c1-18(2)15-27(25(32)34-5)22(29)26(3,24(31)35-17-20-9-7-6-8-10-20)23(30)28(27)16-19-11-13-21(33-4)14-12-19/h6-14,18,22,29H,15-17H2,1-5H3/t22-,26-,27+/m1/s1. The van der Waals surface area contributed by atoms with Crippen molar-refractivity contribution in [3.05, 3.63) is 65.7 Å². The molecule has 1 heterocycles. The van der Waals surface area contributed by atoms with Gasteiger partial charge in [0.05, 0.1) is 14.2 Å². The molecule has 0 bridgehead atoms. The minimum atomic E-state index is -2.00. The van der Waals surface area contributed by atoms with Crippen molar-refractivity contribution in [1.29, 1.82) is 0 Å². The second kappa shape index (κ2) is 10.5. The number of esters is 2. The molecule has 0 saturated carbocycles. The third-order valence-corrected chi connectivity index (χ3v) is 6.57. The predicted octanol–water partition coefficient (Wildman–Crippen LogP) is 3.11. The van der Waals surface area contributed by atoms with Gasteiger partial charge in [-0.05, 0) is 42.5 Å². The summed E-state index contributed by atoms with van der Waals surface area (Å²) < 4.78 is 15.8. The molecule has 1 N–H and O–H groups in total. The average molecular weight is 484 g/mol. The Morgan fingerprint density at radius 1 is 1.00 bits per heavy atom. The molecule has 3 atom stereocenters. The molecular weight excluding hydrogens is 450 g/mol. The number of benzene rings is 2. The largest absolute Gasteiger partial charge is 0.497 e. The Labute approximate surface area is 205 Å². The Bertz CT molecular complexity index is 1050. The summed E-state index contributed by atoms with van der Waals surface area (Å²) in [6, 6.07) is 16.0. The summed E-state index contributed by atoms with van der Waals surface area (Å²) in [5.74, 6) is -1.83. The van der Waals surface area contributed by atoms with E-state index in [0.717, 1.165) is 5.56 Å². The Kier molecular flexibility index (Phi) is 7.85. The molecule has 8 heteroatoms. The highest BCUT2D eigenvalue weighted by Crippen LogP contribution is 2.48. The normalized spacial score (nSPS) is 23.9. The van der Waals surface area contributed by atoms with Crippen molar-refractivity contribution in [3.63, 3.8) is 0 Å². The van der Waals surface area contributed by atoms with Crippen LogP contribution in [0.1, 0.15) is 38.3 Å². The molecule has 3 rings (SSSR count). The zero-order valence-corrected chi connectivity index (χ0v) is 20.8. The first-order valence-electron chi connectivity index (χ1n) is 11.5. The summed E-state index contributed by atoms with van der Waals surface area (Å²) in [5.41, 5.74) is -2.32. The molecule has 0 unspecified atom stereocenters. The summed E-state index contributed by atoms with van der Waals surface area (Å²) >= 11 is 0. The molecular formula is C27H33NO7. The highest BCUT2D eigenvalue weighted by molar-refractivity contribution is 6.09. The van der Waals surface area contributed by atoms with Gasteiger partial charge in [-0.1, -0.05) is 56.3 Å². The minimum absolute atomic E-state index is 0.0107. The maximum absolute atomic E-state index is 13.9. The predicted molar refractivity (Wildman–Crippen MR) is 128 cm³/mol. The van der Waals surface area contributed by atoms with Crippen LogP contribution in [0.15, 0.2) is 54.6 Å². The van der Waals surface area contributed by atoms with Crippen LogP contribution >= 0.6 is 0 Å². The fourth-order valence-electron chi connectivity index (χ4n) is 4.73. The number of methoxy groups -OCH3 is 2. The van der Waals surface area contributed by atoms with Crippen LogP contribution in [0.5, 0.6) is 5.75 Å². The first-order valence-corrected chi connectivity index (χ1v) is 11.5. The van der Waals surface area contributed by atoms with Crippen molar-refractivity contribution in [2.24, 2.45) is 11.3 Å². The monoisotopic (exact) mass is 483 g/mol. The quantitative estimate of drug-likeness (QED) is 0.432. The molecule has 2 aromatic carbocycles. The smallest absolute Gasteiger partial charge is 0.334 e. The number of aliphatic hydroxyl groups is 1. The minimum Gasteiger partial charge on any atom is -0.497 e. The molecule has 1 saturated heterocycles. The lowest BCUT2D eigenvalue weighted by atomic mass is 9.75. The Morgan fingerprint density at radius 2 is 1.63 bits per heavy atom. The molecule has 35 heavy (non-hydrogen) atoms. The van der Waals surface area contributed by atoms with Crippen LogP contribution in [-0.2, 0) is 37.0 Å². The third kappa shape index (κ3) is 4.75. The van der Waals surface area contributed by atoms with Gasteiger partial charge in [0.1, 0.15) is 18.5 Å². The molecule has 0 aliphatic carbocycles. The number of hydrogen-bond acceptors (Lipinski definition) is 7. The lowest BCUT2D eigenvalue weighted by molar-refractivity contribution is -0.169. The fraction of sp³-hybridized carbons (Fsp3) is 0.444. The second-order valence-electron chi connectivity index (χ2n) is 9.42. The molecule has 0 radical (unpaired) electrons. The van der Waals surface area contributed by atoms with Gasteiger partial charge >= 0.3 is 11.9 Å². The number of nitrogens with zero attached hydrogens (tertiary/aromatic N) is 1. The molecule has 1 aliphatic rings. The van der Waals surface area contributed by atoms with E-state index in [9.17, 15) is 19.5 Å². The zero-order valence-electron chi connectivity index (χ0n) is 20.8. The van der Waals surface area contributed by atoms with Crippen molar-refractivity contribution in [2.75, 3.05) is 14.2 Å². The SMILES string of the molecule is COC(=O)[C@]1(CC(C)C)[C@H](O)[C@@](C)(C(=O)OCc2ccccc2)C(=O)N1Cc1ccc(OC)cc1. The van der Waals surface area contributed by atoms with Gasteiger partial charge in [0.25, 0.3) is 0 Å². The molecule has 188 valence electrons. The van der Waals surface area contributed by atoms with E-state index in [1.165, 1.54) is 18.9 Å². The lowest BCUT2D eigenvalue weighted by Gasteiger charge is -2.39. The van der Waals surface area contributed by atoms with Gasteiger partial charge in [-0.25, -0.2) is 4.79 Å². The van der Waals surface area contributed by atoms with Gasteiger partial charge in [0.15, 0.2) is 11.0 Å². The van der Waals surface area contributed by atoms with Gasteiger partial charge in [0.2, 0.25) is 5.91 Å². The fourth-order valence-corrected chi connectivity index (χ4v) is 4.73.